The molecule has 1 aliphatic heterocycles. The SMILES string of the molecule is Cc1ccc(C(CN)N2CCCC2)cc1. The fourth-order valence-electron chi connectivity index (χ4n) is 2.34. The predicted octanol–water partition coefficient (Wildman–Crippen LogP) is 2.09. The smallest absolute Gasteiger partial charge is 0.0470 e. The van der Waals surface area contributed by atoms with Crippen LogP contribution in [0.2, 0.25) is 0 Å². The summed E-state index contributed by atoms with van der Waals surface area (Å²) in [5, 5.41) is 0. The molecular formula is C13H20N2. The van der Waals surface area contributed by atoms with Crippen LogP contribution in [0, 0.1) is 6.92 Å². The standard InChI is InChI=1S/C13H20N2/c1-11-4-6-12(7-5-11)13(10-14)15-8-2-3-9-15/h4-7,13H,2-3,8-10,14H2,1H3. The van der Waals surface area contributed by atoms with Crippen LogP contribution in [-0.4, -0.2) is 24.5 Å². The first kappa shape index (κ1) is 10.7. The zero-order chi connectivity index (χ0) is 10.7. The molecule has 0 saturated carbocycles. The molecule has 0 aromatic heterocycles. The summed E-state index contributed by atoms with van der Waals surface area (Å²) < 4.78 is 0. The topological polar surface area (TPSA) is 29.3 Å². The molecule has 0 bridgehead atoms. The van der Waals surface area contributed by atoms with Crippen LogP contribution in [-0.2, 0) is 0 Å². The van der Waals surface area contributed by atoms with Crippen molar-refractivity contribution in [2.24, 2.45) is 5.73 Å². The lowest BCUT2D eigenvalue weighted by Gasteiger charge is -2.26. The molecule has 1 fully saturated rings. The van der Waals surface area contributed by atoms with E-state index in [1.165, 1.54) is 37.1 Å². The van der Waals surface area contributed by atoms with Crippen LogP contribution in [0.3, 0.4) is 0 Å². The molecule has 1 atom stereocenters. The van der Waals surface area contributed by atoms with Crippen molar-refractivity contribution in [3.05, 3.63) is 35.4 Å². The second-order valence-corrected chi connectivity index (χ2v) is 4.41. The first-order chi connectivity index (χ1) is 7.31. The number of likely N-dealkylation sites (tertiary alicyclic amines) is 1. The Morgan fingerprint density at radius 2 is 1.80 bits per heavy atom. The van der Waals surface area contributed by atoms with E-state index in [1.54, 1.807) is 0 Å². The number of nitrogens with zero attached hydrogens (tertiary/aromatic N) is 1. The van der Waals surface area contributed by atoms with Gasteiger partial charge in [-0.05, 0) is 38.4 Å². The van der Waals surface area contributed by atoms with E-state index in [0.717, 1.165) is 6.54 Å². The maximum atomic E-state index is 5.88. The second kappa shape index (κ2) is 4.77. The molecule has 0 aliphatic carbocycles. The number of hydrogen-bond donors (Lipinski definition) is 1. The number of aryl methyl sites for hydroxylation is 1. The van der Waals surface area contributed by atoms with Gasteiger partial charge in [-0.25, -0.2) is 0 Å². The van der Waals surface area contributed by atoms with Crippen molar-refractivity contribution in [3.8, 4) is 0 Å². The van der Waals surface area contributed by atoms with Crippen molar-refractivity contribution < 1.29 is 0 Å². The summed E-state index contributed by atoms with van der Waals surface area (Å²) in [5.41, 5.74) is 8.56. The van der Waals surface area contributed by atoms with E-state index in [1.807, 2.05) is 0 Å². The van der Waals surface area contributed by atoms with E-state index in [0.29, 0.717) is 6.04 Å². The van der Waals surface area contributed by atoms with Gasteiger partial charge in [0, 0.05) is 12.6 Å². The summed E-state index contributed by atoms with van der Waals surface area (Å²) in [6.45, 7) is 5.26. The van der Waals surface area contributed by atoms with E-state index in [-0.39, 0.29) is 0 Å². The van der Waals surface area contributed by atoms with Gasteiger partial charge in [0.1, 0.15) is 0 Å². The van der Waals surface area contributed by atoms with Crippen molar-refractivity contribution in [1.29, 1.82) is 0 Å². The molecule has 1 heterocycles. The van der Waals surface area contributed by atoms with Crippen molar-refractivity contribution >= 4 is 0 Å². The molecule has 0 spiro atoms. The van der Waals surface area contributed by atoms with Gasteiger partial charge >= 0.3 is 0 Å². The van der Waals surface area contributed by atoms with E-state index < -0.39 is 0 Å². The average molecular weight is 204 g/mol. The highest BCUT2D eigenvalue weighted by atomic mass is 15.2. The minimum Gasteiger partial charge on any atom is -0.329 e. The monoisotopic (exact) mass is 204 g/mol. The molecule has 15 heavy (non-hydrogen) atoms. The first-order valence-corrected chi connectivity index (χ1v) is 5.82. The van der Waals surface area contributed by atoms with Crippen LogP contribution in [0.5, 0.6) is 0 Å². The van der Waals surface area contributed by atoms with E-state index >= 15 is 0 Å². The highest BCUT2D eigenvalue weighted by Crippen LogP contribution is 2.24. The highest BCUT2D eigenvalue weighted by Gasteiger charge is 2.21. The largest absolute Gasteiger partial charge is 0.329 e. The van der Waals surface area contributed by atoms with Gasteiger partial charge in [-0.1, -0.05) is 29.8 Å². The number of benzene rings is 1. The molecule has 0 radical (unpaired) electrons. The Kier molecular flexibility index (Phi) is 3.39. The summed E-state index contributed by atoms with van der Waals surface area (Å²) in [5.74, 6) is 0. The third kappa shape index (κ3) is 2.39. The normalized spacial score (nSPS) is 19.3. The van der Waals surface area contributed by atoms with Crippen molar-refractivity contribution in [2.75, 3.05) is 19.6 Å². The Labute approximate surface area is 92.1 Å². The van der Waals surface area contributed by atoms with Gasteiger partial charge in [0.25, 0.3) is 0 Å². The van der Waals surface area contributed by atoms with Crippen LogP contribution in [0.1, 0.15) is 30.0 Å². The summed E-state index contributed by atoms with van der Waals surface area (Å²) in [7, 11) is 0. The van der Waals surface area contributed by atoms with Gasteiger partial charge in [-0.15, -0.1) is 0 Å². The molecule has 2 rings (SSSR count). The van der Waals surface area contributed by atoms with Gasteiger partial charge in [0.15, 0.2) is 0 Å². The summed E-state index contributed by atoms with van der Waals surface area (Å²) in [6.07, 6.45) is 2.64. The Bertz CT molecular complexity index is 299. The number of hydrogen-bond acceptors (Lipinski definition) is 2. The molecule has 1 saturated heterocycles. The van der Waals surface area contributed by atoms with Gasteiger partial charge in [0.2, 0.25) is 0 Å². The Balaban J connectivity index is 2.14. The average Bonchev–Trinajstić information content (AvgIpc) is 2.75. The van der Waals surface area contributed by atoms with Crippen LogP contribution >= 0.6 is 0 Å². The van der Waals surface area contributed by atoms with Crippen molar-refractivity contribution in [1.82, 2.24) is 4.90 Å². The Morgan fingerprint density at radius 1 is 1.20 bits per heavy atom. The van der Waals surface area contributed by atoms with Crippen LogP contribution in [0.25, 0.3) is 0 Å². The number of nitrogens with two attached hydrogens (primary N) is 1. The maximum absolute atomic E-state index is 5.88. The second-order valence-electron chi connectivity index (χ2n) is 4.41. The fraction of sp³-hybridized carbons (Fsp3) is 0.538. The molecule has 2 heteroatoms. The minimum absolute atomic E-state index is 0.424. The van der Waals surface area contributed by atoms with Crippen LogP contribution < -0.4 is 5.73 Å². The zero-order valence-electron chi connectivity index (χ0n) is 9.45. The summed E-state index contributed by atoms with van der Waals surface area (Å²) in [6, 6.07) is 9.20. The lowest BCUT2D eigenvalue weighted by molar-refractivity contribution is 0.251. The molecule has 1 aliphatic rings. The van der Waals surface area contributed by atoms with Crippen molar-refractivity contribution in [2.45, 2.75) is 25.8 Å². The molecule has 2 N–H and O–H groups in total. The van der Waals surface area contributed by atoms with Gasteiger partial charge in [-0.2, -0.15) is 0 Å². The van der Waals surface area contributed by atoms with Crippen LogP contribution in [0.15, 0.2) is 24.3 Å². The number of rotatable bonds is 3. The molecule has 2 nitrogen and oxygen atoms in total. The fourth-order valence-corrected chi connectivity index (χ4v) is 2.34. The lowest BCUT2D eigenvalue weighted by Crippen LogP contribution is -2.31. The molecule has 82 valence electrons. The minimum atomic E-state index is 0.424. The Morgan fingerprint density at radius 3 is 2.33 bits per heavy atom. The molecule has 0 amide bonds. The molecule has 1 aromatic rings. The van der Waals surface area contributed by atoms with E-state index in [2.05, 4.69) is 36.1 Å². The van der Waals surface area contributed by atoms with Gasteiger partial charge in [-0.3, -0.25) is 4.90 Å². The van der Waals surface area contributed by atoms with Crippen LogP contribution in [0.4, 0.5) is 0 Å². The van der Waals surface area contributed by atoms with Gasteiger partial charge < -0.3 is 5.73 Å². The van der Waals surface area contributed by atoms with Crippen molar-refractivity contribution in [3.63, 3.8) is 0 Å². The Hall–Kier alpha value is -0.860. The first-order valence-electron chi connectivity index (χ1n) is 5.82. The molecular weight excluding hydrogens is 184 g/mol. The lowest BCUT2D eigenvalue weighted by atomic mass is 10.0. The summed E-state index contributed by atoms with van der Waals surface area (Å²) >= 11 is 0. The third-order valence-electron chi connectivity index (χ3n) is 3.27. The highest BCUT2D eigenvalue weighted by molar-refractivity contribution is 5.24. The summed E-state index contributed by atoms with van der Waals surface area (Å²) in [4.78, 5) is 2.50. The van der Waals surface area contributed by atoms with E-state index in [4.69, 9.17) is 5.73 Å². The maximum Gasteiger partial charge on any atom is 0.0470 e. The van der Waals surface area contributed by atoms with Gasteiger partial charge in [0.05, 0.1) is 0 Å². The zero-order valence-corrected chi connectivity index (χ0v) is 9.45. The third-order valence-corrected chi connectivity index (χ3v) is 3.27. The van der Waals surface area contributed by atoms with E-state index in [9.17, 15) is 0 Å². The predicted molar refractivity (Wildman–Crippen MR) is 63.8 cm³/mol. The quantitative estimate of drug-likeness (QED) is 0.817. The molecule has 1 aromatic carbocycles. The molecule has 1 unspecified atom stereocenters.